The minimum absolute atomic E-state index is 0.108. The Kier molecular flexibility index (Phi) is 6.98. The lowest BCUT2D eigenvalue weighted by atomic mass is 10.0. The summed E-state index contributed by atoms with van der Waals surface area (Å²) in [5.74, 6) is -0.242. The fraction of sp³-hybridized carbons (Fsp3) is 0.423. The van der Waals surface area contributed by atoms with E-state index in [4.69, 9.17) is 14.2 Å². The van der Waals surface area contributed by atoms with Crippen LogP contribution in [0.1, 0.15) is 46.1 Å². The van der Waals surface area contributed by atoms with Crippen LogP contribution in [-0.2, 0) is 30.2 Å². The van der Waals surface area contributed by atoms with Crippen molar-refractivity contribution >= 4 is 22.8 Å². The number of nitrogens with one attached hydrogen (secondary N) is 2. The molecule has 0 fully saturated rings. The number of allylic oxidation sites excluding steroid dienone is 4. The van der Waals surface area contributed by atoms with Crippen molar-refractivity contribution in [1.29, 1.82) is 0 Å². The minimum atomic E-state index is -0.926. The molecular formula is C26H31N3O6. The van der Waals surface area contributed by atoms with E-state index in [1.54, 1.807) is 33.2 Å². The van der Waals surface area contributed by atoms with Crippen LogP contribution in [0.5, 0.6) is 0 Å². The molecule has 4 rings (SSSR count). The van der Waals surface area contributed by atoms with Crippen molar-refractivity contribution in [2.45, 2.75) is 58.7 Å². The fourth-order valence-electron chi connectivity index (χ4n) is 4.06. The van der Waals surface area contributed by atoms with E-state index in [9.17, 15) is 14.7 Å². The van der Waals surface area contributed by atoms with Gasteiger partial charge in [0.05, 0.1) is 18.0 Å². The van der Waals surface area contributed by atoms with Crippen LogP contribution in [0.15, 0.2) is 59.1 Å². The van der Waals surface area contributed by atoms with Crippen LogP contribution in [0.2, 0.25) is 0 Å². The number of esters is 1. The number of hydrogen-bond donors (Lipinski definition) is 3. The zero-order valence-corrected chi connectivity index (χ0v) is 20.4. The summed E-state index contributed by atoms with van der Waals surface area (Å²) in [6, 6.07) is 3.75. The number of ether oxygens (including phenoxy) is 3. The summed E-state index contributed by atoms with van der Waals surface area (Å²) in [6.07, 6.45) is 6.01. The van der Waals surface area contributed by atoms with E-state index < -0.39 is 23.5 Å². The van der Waals surface area contributed by atoms with E-state index in [0.29, 0.717) is 12.8 Å². The van der Waals surface area contributed by atoms with E-state index in [2.05, 4.69) is 15.3 Å². The number of ketones is 1. The first kappa shape index (κ1) is 24.5. The second-order valence-electron chi connectivity index (χ2n) is 9.31. The standard InChI is InChI=1S/C26H31N3O6/c1-5-33-25(31)21-22(30)20(12-16-13-28-23-18(16)7-6-10-27-23)35-24(21)29-19-9-8-17(11-15(19)2)34-14-26(3,4)32/h6-7,10-11,13,20,29,32H,5,8-9,12,14H2,1-4H3,(H,27,28). The largest absolute Gasteiger partial charge is 0.495 e. The van der Waals surface area contributed by atoms with Gasteiger partial charge < -0.3 is 29.6 Å². The zero-order valence-electron chi connectivity index (χ0n) is 20.4. The molecule has 3 heterocycles. The molecule has 0 saturated heterocycles. The number of Topliss-reactive ketones (excluding diaryl/α,β-unsaturated/α-hetero) is 1. The number of rotatable bonds is 9. The molecule has 1 unspecified atom stereocenters. The molecule has 186 valence electrons. The van der Waals surface area contributed by atoms with Crippen LogP contribution in [0, 0.1) is 0 Å². The van der Waals surface area contributed by atoms with Gasteiger partial charge in [-0.25, -0.2) is 9.78 Å². The molecule has 0 radical (unpaired) electrons. The average molecular weight is 482 g/mol. The molecule has 9 nitrogen and oxygen atoms in total. The maximum absolute atomic E-state index is 13.2. The van der Waals surface area contributed by atoms with Crippen LogP contribution in [-0.4, -0.2) is 51.7 Å². The van der Waals surface area contributed by atoms with Gasteiger partial charge in [-0.2, -0.15) is 0 Å². The highest BCUT2D eigenvalue weighted by molar-refractivity contribution is 6.20. The number of H-pyrrole nitrogens is 1. The number of nitrogens with zero attached hydrogens (tertiary/aromatic N) is 1. The summed E-state index contributed by atoms with van der Waals surface area (Å²) < 4.78 is 16.9. The molecule has 0 bridgehead atoms. The SMILES string of the molecule is CCOC(=O)C1=C(NC2=C(C)C=C(OCC(C)(C)O)CC2)OC(Cc2c[nH]c3ncccc23)C1=O. The summed E-state index contributed by atoms with van der Waals surface area (Å²) in [5, 5.41) is 14.0. The number of aromatic nitrogens is 2. The summed E-state index contributed by atoms with van der Waals surface area (Å²) in [5.41, 5.74) is 2.28. The molecule has 1 aliphatic carbocycles. The first-order valence-corrected chi connectivity index (χ1v) is 11.7. The van der Waals surface area contributed by atoms with Crippen molar-refractivity contribution in [1.82, 2.24) is 15.3 Å². The molecule has 3 N–H and O–H groups in total. The average Bonchev–Trinajstić information content (AvgIpc) is 3.35. The summed E-state index contributed by atoms with van der Waals surface area (Å²) >= 11 is 0. The molecule has 0 amide bonds. The van der Waals surface area contributed by atoms with Crippen LogP contribution < -0.4 is 5.32 Å². The van der Waals surface area contributed by atoms with Crippen LogP contribution in [0.3, 0.4) is 0 Å². The normalized spacial score (nSPS) is 18.6. The van der Waals surface area contributed by atoms with Gasteiger partial charge in [0.1, 0.15) is 12.3 Å². The summed E-state index contributed by atoms with van der Waals surface area (Å²) in [7, 11) is 0. The minimum Gasteiger partial charge on any atom is -0.495 e. The van der Waals surface area contributed by atoms with E-state index in [1.807, 2.05) is 25.1 Å². The van der Waals surface area contributed by atoms with Crippen LogP contribution in [0.25, 0.3) is 11.0 Å². The van der Waals surface area contributed by atoms with Crippen molar-refractivity contribution in [2.24, 2.45) is 0 Å². The van der Waals surface area contributed by atoms with E-state index in [0.717, 1.165) is 33.6 Å². The molecule has 2 aromatic rings. The third kappa shape index (κ3) is 5.57. The van der Waals surface area contributed by atoms with Gasteiger partial charge in [0.15, 0.2) is 11.7 Å². The Labute approximate surface area is 203 Å². The lowest BCUT2D eigenvalue weighted by Crippen LogP contribution is -2.26. The molecule has 2 aliphatic rings. The van der Waals surface area contributed by atoms with Gasteiger partial charge in [-0.05, 0) is 63.5 Å². The topological polar surface area (TPSA) is 123 Å². The smallest absolute Gasteiger partial charge is 0.347 e. The highest BCUT2D eigenvalue weighted by atomic mass is 16.5. The Morgan fingerprint density at radius 3 is 2.89 bits per heavy atom. The second-order valence-corrected chi connectivity index (χ2v) is 9.31. The van der Waals surface area contributed by atoms with Crippen molar-refractivity contribution in [3.05, 3.63) is 64.7 Å². The van der Waals surface area contributed by atoms with Gasteiger partial charge in [0.25, 0.3) is 0 Å². The molecule has 9 heteroatoms. The fourth-order valence-corrected chi connectivity index (χ4v) is 4.06. The van der Waals surface area contributed by atoms with Gasteiger partial charge in [0, 0.05) is 36.3 Å². The molecule has 0 spiro atoms. The van der Waals surface area contributed by atoms with Crippen LogP contribution in [0.4, 0.5) is 0 Å². The van der Waals surface area contributed by atoms with E-state index in [1.165, 1.54) is 0 Å². The number of hydrogen-bond acceptors (Lipinski definition) is 8. The number of pyridine rings is 1. The number of carbonyl (C=O) groups excluding carboxylic acids is 2. The van der Waals surface area contributed by atoms with E-state index in [-0.39, 0.29) is 31.1 Å². The maximum atomic E-state index is 13.2. The second kappa shape index (κ2) is 9.95. The number of aliphatic hydroxyl groups is 1. The van der Waals surface area contributed by atoms with Gasteiger partial charge in [0.2, 0.25) is 11.7 Å². The van der Waals surface area contributed by atoms with Crippen molar-refractivity contribution in [2.75, 3.05) is 13.2 Å². The predicted octanol–water partition coefficient (Wildman–Crippen LogP) is 3.18. The third-order valence-corrected chi connectivity index (χ3v) is 5.80. The Balaban J connectivity index is 1.55. The molecular weight excluding hydrogens is 450 g/mol. The Morgan fingerprint density at radius 2 is 2.17 bits per heavy atom. The van der Waals surface area contributed by atoms with Crippen LogP contribution >= 0.6 is 0 Å². The van der Waals surface area contributed by atoms with Gasteiger partial charge in [-0.15, -0.1) is 0 Å². The Hall–Kier alpha value is -3.59. The quantitative estimate of drug-likeness (QED) is 0.369. The number of fused-ring (bicyclic) bond motifs is 1. The highest BCUT2D eigenvalue weighted by Gasteiger charge is 2.41. The van der Waals surface area contributed by atoms with Crippen molar-refractivity contribution < 1.29 is 28.9 Å². The molecule has 2 aromatic heterocycles. The monoisotopic (exact) mass is 481 g/mol. The predicted molar refractivity (Wildman–Crippen MR) is 129 cm³/mol. The molecule has 35 heavy (non-hydrogen) atoms. The van der Waals surface area contributed by atoms with Crippen molar-refractivity contribution in [3.8, 4) is 0 Å². The first-order valence-electron chi connectivity index (χ1n) is 11.7. The lowest BCUT2D eigenvalue weighted by molar-refractivity contribution is -0.140. The summed E-state index contributed by atoms with van der Waals surface area (Å²) in [4.78, 5) is 33.3. The Bertz CT molecular complexity index is 1230. The maximum Gasteiger partial charge on any atom is 0.347 e. The summed E-state index contributed by atoms with van der Waals surface area (Å²) in [6.45, 7) is 7.31. The molecule has 1 atom stereocenters. The molecule has 0 aromatic carbocycles. The lowest BCUT2D eigenvalue weighted by Gasteiger charge is -2.24. The molecule has 1 aliphatic heterocycles. The molecule has 0 saturated carbocycles. The zero-order chi connectivity index (χ0) is 25.2. The van der Waals surface area contributed by atoms with Crippen molar-refractivity contribution in [3.63, 3.8) is 0 Å². The van der Waals surface area contributed by atoms with E-state index >= 15 is 0 Å². The van der Waals surface area contributed by atoms with Gasteiger partial charge in [-0.1, -0.05) is 0 Å². The van der Waals surface area contributed by atoms with Gasteiger partial charge in [-0.3, -0.25) is 4.79 Å². The number of carbonyl (C=O) groups is 2. The highest BCUT2D eigenvalue weighted by Crippen LogP contribution is 2.30. The third-order valence-electron chi connectivity index (χ3n) is 5.80. The Morgan fingerprint density at radius 1 is 1.37 bits per heavy atom. The first-order chi connectivity index (χ1) is 16.7. The van der Waals surface area contributed by atoms with Gasteiger partial charge >= 0.3 is 5.97 Å². The number of aromatic amines is 1.